The first-order valence-electron chi connectivity index (χ1n) is 14.5. The Bertz CT molecular complexity index is 1130. The highest BCUT2D eigenvalue weighted by molar-refractivity contribution is 5.65. The van der Waals surface area contributed by atoms with Crippen molar-refractivity contribution < 1.29 is 49.1 Å². The molecule has 44 heavy (non-hydrogen) atoms. The van der Waals surface area contributed by atoms with Crippen molar-refractivity contribution in [1.29, 1.82) is 0 Å². The van der Waals surface area contributed by atoms with Crippen molar-refractivity contribution >= 4 is 11.8 Å². The van der Waals surface area contributed by atoms with Crippen molar-refractivity contribution in [2.24, 2.45) is 17.2 Å². The number of nitrogens with one attached hydrogen (secondary N) is 1. The molecule has 0 unspecified atom stereocenters. The first kappa shape index (κ1) is 34.3. The van der Waals surface area contributed by atoms with Crippen LogP contribution in [0.15, 0.2) is 24.3 Å². The fourth-order valence-corrected chi connectivity index (χ4v) is 6.05. The summed E-state index contributed by atoms with van der Waals surface area (Å²) in [5.41, 5.74) is 18.0. The molecule has 2 aliphatic heterocycles. The number of likely N-dealkylation sites (N-methyl/N-ethyl adjacent to an activating group) is 1. The highest BCUT2D eigenvalue weighted by atomic mass is 16.7. The summed E-state index contributed by atoms with van der Waals surface area (Å²) < 4.78 is 23.7. The lowest BCUT2D eigenvalue weighted by Gasteiger charge is -2.48. The molecule has 17 heteroatoms. The van der Waals surface area contributed by atoms with Gasteiger partial charge in [0.15, 0.2) is 12.6 Å². The van der Waals surface area contributed by atoms with Crippen molar-refractivity contribution in [2.45, 2.75) is 106 Å². The molecular formula is C27H44N6O11. The van der Waals surface area contributed by atoms with Gasteiger partial charge in [-0.3, -0.25) is 10.1 Å². The fraction of sp³-hybridized carbons (Fsp3) is 0.741. The molecule has 11 N–H and O–H groups in total. The van der Waals surface area contributed by atoms with Gasteiger partial charge in [-0.05, 0) is 38.8 Å². The Kier molecular flexibility index (Phi) is 11.1. The van der Waals surface area contributed by atoms with E-state index in [1.807, 2.05) is 0 Å². The number of nitro benzene ring substituents is 1. The normalized spacial score (nSPS) is 39.5. The molecular weight excluding hydrogens is 584 g/mol. The molecule has 1 aromatic carbocycles. The van der Waals surface area contributed by atoms with Gasteiger partial charge in [-0.2, -0.15) is 0 Å². The number of nitro groups is 1. The van der Waals surface area contributed by atoms with Gasteiger partial charge in [0.1, 0.15) is 30.0 Å². The molecule has 2 heterocycles. The summed E-state index contributed by atoms with van der Waals surface area (Å²) in [6, 6.07) is 2.76. The maximum Gasteiger partial charge on any atom is 0.407 e. The largest absolute Gasteiger partial charge is 0.465 e. The predicted molar refractivity (Wildman–Crippen MR) is 153 cm³/mol. The first-order chi connectivity index (χ1) is 20.7. The van der Waals surface area contributed by atoms with Crippen LogP contribution in [0.2, 0.25) is 0 Å². The molecule has 248 valence electrons. The number of nitrogens with two attached hydrogens (primary N) is 3. The third kappa shape index (κ3) is 7.80. The number of carbonyl (C=O) groups is 1. The maximum absolute atomic E-state index is 12.0. The minimum absolute atomic E-state index is 0.0210. The molecule has 0 radical (unpaired) electrons. The summed E-state index contributed by atoms with van der Waals surface area (Å²) in [5, 5.41) is 56.2. The lowest BCUT2D eigenvalue weighted by molar-refractivity contribution is -0.384. The van der Waals surface area contributed by atoms with Crippen molar-refractivity contribution in [3.05, 3.63) is 39.9 Å². The van der Waals surface area contributed by atoms with E-state index in [9.17, 15) is 35.3 Å². The Morgan fingerprint density at radius 2 is 1.70 bits per heavy atom. The van der Waals surface area contributed by atoms with E-state index in [1.54, 1.807) is 7.05 Å². The third-order valence-corrected chi connectivity index (χ3v) is 8.50. The van der Waals surface area contributed by atoms with E-state index in [-0.39, 0.29) is 31.8 Å². The van der Waals surface area contributed by atoms with Crippen LogP contribution in [-0.2, 0) is 25.5 Å². The molecule has 3 aliphatic rings. The molecule has 0 bridgehead atoms. The molecule has 2 saturated heterocycles. The molecule has 0 aromatic heterocycles. The summed E-state index contributed by atoms with van der Waals surface area (Å²) >= 11 is 0. The third-order valence-electron chi connectivity index (χ3n) is 8.50. The Morgan fingerprint density at radius 1 is 1.09 bits per heavy atom. The summed E-state index contributed by atoms with van der Waals surface area (Å²) in [4.78, 5) is 23.5. The minimum Gasteiger partial charge on any atom is -0.465 e. The number of ether oxygens (including phenoxy) is 4. The number of carboxylic acid groups (broad SMARTS) is 1. The highest BCUT2D eigenvalue weighted by Gasteiger charge is 2.51. The van der Waals surface area contributed by atoms with Gasteiger partial charge in [0.2, 0.25) is 0 Å². The van der Waals surface area contributed by atoms with Crippen molar-refractivity contribution in [3.8, 4) is 0 Å². The Hall–Kier alpha value is -2.55. The van der Waals surface area contributed by atoms with Gasteiger partial charge >= 0.3 is 6.09 Å². The number of hydrogen-bond donors (Lipinski definition) is 8. The molecule has 12 atom stereocenters. The van der Waals surface area contributed by atoms with Gasteiger partial charge in [-0.15, -0.1) is 0 Å². The standard InChI is InChI=1S/C27H44N6O11/c1-27(38)12-41-25(20(35)23(27)31-2)44-22-18(30)9-17(29)21(19(22)34)43-24-16(28)8-7-15(42-24)11-32(26(36)37)10-13-3-5-14(6-4-13)33(39)40/h3-6,15-25,31,34-35,38H,7-12,28-30H2,1-2H3,(H,36,37)/t15-,16+,17-,18+,19-,20+,21+,22-,23+,24+,25+,27-/m0/s1. The van der Waals surface area contributed by atoms with Crippen LogP contribution in [0.25, 0.3) is 0 Å². The topological polar surface area (TPSA) is 271 Å². The van der Waals surface area contributed by atoms with Crippen molar-refractivity contribution in [2.75, 3.05) is 20.2 Å². The molecule has 4 rings (SSSR count). The van der Waals surface area contributed by atoms with Gasteiger partial charge in [-0.25, -0.2) is 4.79 Å². The molecule has 1 aliphatic carbocycles. The van der Waals surface area contributed by atoms with Crippen LogP contribution in [0.5, 0.6) is 0 Å². The Morgan fingerprint density at radius 3 is 2.27 bits per heavy atom. The van der Waals surface area contributed by atoms with Crippen LogP contribution in [-0.4, -0.2) is 129 Å². The Balaban J connectivity index is 1.39. The predicted octanol–water partition coefficient (Wildman–Crippen LogP) is -1.85. The molecule has 17 nitrogen and oxygen atoms in total. The van der Waals surface area contributed by atoms with E-state index < -0.39 is 83.9 Å². The van der Waals surface area contributed by atoms with Crippen LogP contribution in [0.4, 0.5) is 10.5 Å². The number of aliphatic hydroxyl groups is 3. The van der Waals surface area contributed by atoms with Crippen molar-refractivity contribution in [3.63, 3.8) is 0 Å². The van der Waals surface area contributed by atoms with E-state index in [4.69, 9.17) is 36.1 Å². The quantitative estimate of drug-likeness (QED) is 0.104. The number of non-ortho nitro benzene ring substituents is 1. The zero-order valence-corrected chi connectivity index (χ0v) is 24.7. The number of rotatable bonds is 10. The van der Waals surface area contributed by atoms with Gasteiger partial charge in [0.25, 0.3) is 5.69 Å². The van der Waals surface area contributed by atoms with E-state index in [0.717, 1.165) is 4.90 Å². The second-order valence-corrected chi connectivity index (χ2v) is 12.0. The lowest BCUT2D eigenvalue weighted by Crippen LogP contribution is -2.68. The summed E-state index contributed by atoms with van der Waals surface area (Å²) in [6.45, 7) is 1.33. The highest BCUT2D eigenvalue weighted by Crippen LogP contribution is 2.32. The first-order valence-corrected chi connectivity index (χ1v) is 14.5. The second kappa shape index (κ2) is 14.3. The summed E-state index contributed by atoms with van der Waals surface area (Å²) in [5.74, 6) is 0. The number of aliphatic hydroxyl groups excluding tert-OH is 2. The number of hydrogen-bond acceptors (Lipinski definition) is 14. The fourth-order valence-electron chi connectivity index (χ4n) is 6.05. The zero-order valence-electron chi connectivity index (χ0n) is 24.7. The van der Waals surface area contributed by atoms with Gasteiger partial charge in [0, 0.05) is 30.8 Å². The van der Waals surface area contributed by atoms with E-state index in [2.05, 4.69) is 5.32 Å². The Labute approximate surface area is 254 Å². The monoisotopic (exact) mass is 628 g/mol. The molecule has 1 saturated carbocycles. The van der Waals surface area contributed by atoms with Crippen LogP contribution in [0, 0.1) is 10.1 Å². The minimum atomic E-state index is -1.37. The summed E-state index contributed by atoms with van der Waals surface area (Å²) in [7, 11) is 1.58. The van der Waals surface area contributed by atoms with Gasteiger partial charge < -0.3 is 66.8 Å². The zero-order chi connectivity index (χ0) is 32.3. The molecule has 1 aromatic rings. The van der Waals surface area contributed by atoms with Crippen molar-refractivity contribution in [1.82, 2.24) is 10.2 Å². The van der Waals surface area contributed by atoms with Crippen LogP contribution in [0.3, 0.4) is 0 Å². The number of amides is 1. The van der Waals surface area contributed by atoms with E-state index >= 15 is 0 Å². The smallest absolute Gasteiger partial charge is 0.407 e. The van der Waals surface area contributed by atoms with Gasteiger partial charge in [-0.1, -0.05) is 12.1 Å². The lowest BCUT2D eigenvalue weighted by atomic mass is 9.84. The average Bonchev–Trinajstić information content (AvgIpc) is 2.95. The number of benzene rings is 1. The molecule has 3 fully saturated rings. The maximum atomic E-state index is 12.0. The van der Waals surface area contributed by atoms with Crippen LogP contribution in [0.1, 0.15) is 31.7 Å². The SMILES string of the molecule is CN[C@@H]1[C@@H](O)[C@@H](O[C@@H]2[C@@H](O)[C@H](O[C@H]3O[C@H](CN(Cc4ccc([N+](=O)[O-])cc4)C(=O)O)CC[C@H]3N)[C@@H](N)C[C@H]2N)OC[C@]1(C)O. The molecule has 1 amide bonds. The van der Waals surface area contributed by atoms with Crippen LogP contribution < -0.4 is 22.5 Å². The number of nitrogens with zero attached hydrogens (tertiary/aromatic N) is 2. The second-order valence-electron chi connectivity index (χ2n) is 12.0. The van der Waals surface area contributed by atoms with Crippen LogP contribution >= 0.6 is 0 Å². The average molecular weight is 629 g/mol. The molecule has 0 spiro atoms. The van der Waals surface area contributed by atoms with Gasteiger partial charge in [0.05, 0.1) is 36.3 Å². The van der Waals surface area contributed by atoms with E-state index in [1.165, 1.54) is 31.2 Å². The summed E-state index contributed by atoms with van der Waals surface area (Å²) in [6.07, 6.45) is -7.71. The van der Waals surface area contributed by atoms with E-state index in [0.29, 0.717) is 18.4 Å².